The van der Waals surface area contributed by atoms with Crippen molar-refractivity contribution in [2.75, 3.05) is 0 Å². The van der Waals surface area contributed by atoms with Crippen LogP contribution in [0.3, 0.4) is 0 Å². The predicted molar refractivity (Wildman–Crippen MR) is 66.4 cm³/mol. The van der Waals surface area contributed by atoms with Crippen LogP contribution in [0.25, 0.3) is 0 Å². The van der Waals surface area contributed by atoms with E-state index in [1.165, 1.54) is 36.8 Å². The Labute approximate surface area is 93.7 Å². The summed E-state index contributed by atoms with van der Waals surface area (Å²) < 4.78 is 0. The van der Waals surface area contributed by atoms with Gasteiger partial charge in [0.1, 0.15) is 0 Å². The van der Waals surface area contributed by atoms with Gasteiger partial charge in [0.25, 0.3) is 0 Å². The zero-order valence-corrected chi connectivity index (χ0v) is 9.97. The van der Waals surface area contributed by atoms with Crippen LogP contribution in [0.5, 0.6) is 0 Å². The summed E-state index contributed by atoms with van der Waals surface area (Å²) >= 11 is 0. The topological polar surface area (TPSA) is 23.8 Å². The number of hydrogen-bond donors (Lipinski definition) is 0. The fourth-order valence-corrected chi connectivity index (χ4v) is 1.76. The first-order valence-electron chi connectivity index (χ1n) is 6.11. The second-order valence-electron chi connectivity index (χ2n) is 4.20. The van der Waals surface area contributed by atoms with E-state index in [1.54, 1.807) is 0 Å². The van der Waals surface area contributed by atoms with Gasteiger partial charge in [-0.05, 0) is 42.9 Å². The Hall–Kier alpha value is -0.980. The summed E-state index contributed by atoms with van der Waals surface area (Å²) in [5.41, 5.74) is 11.2. The molecule has 0 spiro atoms. The minimum Gasteiger partial charge on any atom is -0.301 e. The summed E-state index contributed by atoms with van der Waals surface area (Å²) in [4.78, 5) is 0. The van der Waals surface area contributed by atoms with Crippen molar-refractivity contribution in [1.29, 1.82) is 0 Å². The van der Waals surface area contributed by atoms with Gasteiger partial charge in [-0.3, -0.25) is 0 Å². The molecule has 0 heterocycles. The maximum Gasteiger partial charge on any atom is 0.0572 e. The molecular formula is C14H22N. The fraction of sp³-hybridized carbons (Fsp3) is 0.571. The van der Waals surface area contributed by atoms with Crippen molar-refractivity contribution in [3.8, 4) is 0 Å². The first-order chi connectivity index (χ1) is 7.27. The molecule has 0 aromatic heterocycles. The number of aryl methyl sites for hydroxylation is 2. The van der Waals surface area contributed by atoms with Crippen LogP contribution < -0.4 is 5.73 Å². The molecule has 0 aliphatic heterocycles. The van der Waals surface area contributed by atoms with Crippen LogP contribution >= 0.6 is 0 Å². The van der Waals surface area contributed by atoms with Crippen LogP contribution in [0.4, 0.5) is 5.69 Å². The van der Waals surface area contributed by atoms with Crippen LogP contribution in [-0.4, -0.2) is 0 Å². The highest BCUT2D eigenvalue weighted by Gasteiger charge is 2.01. The number of unbranched alkanes of at least 4 members (excludes halogenated alkanes) is 2. The van der Waals surface area contributed by atoms with Gasteiger partial charge in [0.15, 0.2) is 0 Å². The van der Waals surface area contributed by atoms with Crippen LogP contribution in [0.2, 0.25) is 0 Å². The Kier molecular flexibility index (Phi) is 5.23. The number of rotatable bonds is 6. The largest absolute Gasteiger partial charge is 0.301 e. The Morgan fingerprint density at radius 2 is 1.67 bits per heavy atom. The highest BCUT2D eigenvalue weighted by Crippen LogP contribution is 2.19. The molecule has 1 N–H and O–H groups in total. The maximum atomic E-state index is 7.82. The molecule has 0 fully saturated rings. The van der Waals surface area contributed by atoms with E-state index in [4.69, 9.17) is 5.73 Å². The van der Waals surface area contributed by atoms with Crippen molar-refractivity contribution in [1.82, 2.24) is 5.73 Å². The maximum absolute atomic E-state index is 7.82. The van der Waals surface area contributed by atoms with Gasteiger partial charge in [0, 0.05) is 0 Å². The first kappa shape index (κ1) is 12.1. The Morgan fingerprint density at radius 3 is 2.33 bits per heavy atom. The molecule has 0 atom stereocenters. The third kappa shape index (κ3) is 3.94. The predicted octanol–water partition coefficient (Wildman–Crippen LogP) is 4.29. The molecule has 0 unspecified atom stereocenters. The van der Waals surface area contributed by atoms with E-state index in [0.717, 1.165) is 12.8 Å². The molecule has 1 radical (unpaired) electrons. The van der Waals surface area contributed by atoms with Gasteiger partial charge in [-0.2, -0.15) is 0 Å². The average Bonchev–Trinajstić information content (AvgIpc) is 2.26. The van der Waals surface area contributed by atoms with Crippen LogP contribution in [0, 0.1) is 0 Å². The monoisotopic (exact) mass is 204 g/mol. The van der Waals surface area contributed by atoms with E-state index >= 15 is 0 Å². The Bertz CT molecular complexity index is 291. The lowest BCUT2D eigenvalue weighted by Gasteiger charge is -2.07. The van der Waals surface area contributed by atoms with E-state index in [9.17, 15) is 0 Å². The summed E-state index contributed by atoms with van der Waals surface area (Å²) in [6.45, 7) is 4.42. The summed E-state index contributed by atoms with van der Waals surface area (Å²) in [6.07, 6.45) is 7.13. The summed E-state index contributed by atoms with van der Waals surface area (Å²) in [5.74, 6) is 0. The first-order valence-corrected chi connectivity index (χ1v) is 6.11. The third-order valence-electron chi connectivity index (χ3n) is 2.79. The lowest BCUT2D eigenvalue weighted by Crippen LogP contribution is -1.92. The van der Waals surface area contributed by atoms with Crippen molar-refractivity contribution in [2.24, 2.45) is 0 Å². The molecule has 1 nitrogen and oxygen atoms in total. The van der Waals surface area contributed by atoms with Crippen LogP contribution in [-0.2, 0) is 12.8 Å². The standard InChI is InChI=1S/C14H22N/c1-3-5-7-12-9-10-14(15)13(11-12)8-6-4-2/h9-11,15H,3-8H2,1-2H3. The van der Waals surface area contributed by atoms with Gasteiger partial charge in [0.2, 0.25) is 0 Å². The molecule has 83 valence electrons. The van der Waals surface area contributed by atoms with Crippen LogP contribution in [0.1, 0.15) is 50.7 Å². The zero-order valence-electron chi connectivity index (χ0n) is 9.97. The van der Waals surface area contributed by atoms with Crippen molar-refractivity contribution in [3.05, 3.63) is 29.3 Å². The lowest BCUT2D eigenvalue weighted by atomic mass is 10.0. The van der Waals surface area contributed by atoms with Crippen LogP contribution in [0.15, 0.2) is 18.2 Å². The molecule has 1 aromatic carbocycles. The molecule has 1 heteroatoms. The van der Waals surface area contributed by atoms with E-state index in [-0.39, 0.29) is 0 Å². The molecule has 0 aliphatic rings. The van der Waals surface area contributed by atoms with E-state index in [2.05, 4.69) is 26.0 Å². The van der Waals surface area contributed by atoms with Gasteiger partial charge in [-0.1, -0.05) is 38.8 Å². The average molecular weight is 204 g/mol. The molecule has 0 aliphatic carbocycles. The van der Waals surface area contributed by atoms with E-state index in [0.29, 0.717) is 5.69 Å². The Balaban J connectivity index is 2.66. The number of nitrogens with one attached hydrogen (secondary N) is 1. The van der Waals surface area contributed by atoms with Gasteiger partial charge >= 0.3 is 0 Å². The minimum atomic E-state index is 0.712. The Morgan fingerprint density at radius 1 is 1.00 bits per heavy atom. The minimum absolute atomic E-state index is 0.712. The highest BCUT2D eigenvalue weighted by molar-refractivity contribution is 5.45. The van der Waals surface area contributed by atoms with Crippen molar-refractivity contribution < 1.29 is 0 Å². The SMILES string of the molecule is CCCCc1ccc([NH])c(CCCC)c1. The van der Waals surface area contributed by atoms with Crippen molar-refractivity contribution in [3.63, 3.8) is 0 Å². The molecule has 1 aromatic rings. The van der Waals surface area contributed by atoms with Crippen molar-refractivity contribution >= 4 is 5.69 Å². The molecular weight excluding hydrogens is 182 g/mol. The van der Waals surface area contributed by atoms with Gasteiger partial charge in [-0.15, -0.1) is 0 Å². The molecule has 0 saturated heterocycles. The quantitative estimate of drug-likeness (QED) is 0.660. The second kappa shape index (κ2) is 6.49. The second-order valence-corrected chi connectivity index (χ2v) is 4.20. The zero-order chi connectivity index (χ0) is 11.1. The summed E-state index contributed by atoms with van der Waals surface area (Å²) in [6, 6.07) is 6.29. The number of benzene rings is 1. The van der Waals surface area contributed by atoms with E-state index < -0.39 is 0 Å². The molecule has 0 amide bonds. The smallest absolute Gasteiger partial charge is 0.0572 e. The molecule has 15 heavy (non-hydrogen) atoms. The van der Waals surface area contributed by atoms with E-state index in [1.807, 2.05) is 6.07 Å². The van der Waals surface area contributed by atoms with Crippen molar-refractivity contribution in [2.45, 2.75) is 52.4 Å². The van der Waals surface area contributed by atoms with Gasteiger partial charge in [-0.25, -0.2) is 0 Å². The normalized spacial score (nSPS) is 10.5. The van der Waals surface area contributed by atoms with Gasteiger partial charge < -0.3 is 5.73 Å². The highest BCUT2D eigenvalue weighted by atomic mass is 14.6. The summed E-state index contributed by atoms with van der Waals surface area (Å²) in [5, 5.41) is 0. The molecule has 1 rings (SSSR count). The van der Waals surface area contributed by atoms with Gasteiger partial charge in [0.05, 0.1) is 5.69 Å². The lowest BCUT2D eigenvalue weighted by molar-refractivity contribution is 0.780. The molecule has 0 saturated carbocycles. The third-order valence-corrected chi connectivity index (χ3v) is 2.79. The number of hydrogen-bond acceptors (Lipinski definition) is 0. The molecule has 0 bridgehead atoms. The summed E-state index contributed by atoms with van der Waals surface area (Å²) in [7, 11) is 0. The fourth-order valence-electron chi connectivity index (χ4n) is 1.76.